The molecule has 0 aliphatic carbocycles. The quantitative estimate of drug-likeness (QED) is 0.774. The van der Waals surface area contributed by atoms with Gasteiger partial charge in [-0.25, -0.2) is 4.39 Å². The van der Waals surface area contributed by atoms with E-state index >= 15 is 0 Å². The maximum Gasteiger partial charge on any atom is 0.164 e. The highest BCUT2D eigenvalue weighted by molar-refractivity contribution is 5.42. The Bertz CT molecular complexity index is 340. The lowest BCUT2D eigenvalue weighted by atomic mass is 10.1. The fraction of sp³-hybridized carbons (Fsp3) is 0.615. The largest absolute Gasteiger partial charge is 0.383 e. The standard InChI is InChI=1S/C13H19FN2O/c14-12-10-15-8-6-13(12)16-7-2-1-4-11-5-3-9-17-11/h6,8,10-11H,1-5,7,9H2,(H,15,16). The lowest BCUT2D eigenvalue weighted by molar-refractivity contribution is 0.102. The van der Waals surface area contributed by atoms with Crippen LogP contribution in [0.3, 0.4) is 0 Å². The van der Waals surface area contributed by atoms with E-state index in [9.17, 15) is 4.39 Å². The summed E-state index contributed by atoms with van der Waals surface area (Å²) in [6.45, 7) is 1.72. The summed E-state index contributed by atoms with van der Waals surface area (Å²) in [6.07, 6.45) is 8.99. The van der Waals surface area contributed by atoms with E-state index in [1.165, 1.54) is 19.0 Å². The average molecular weight is 238 g/mol. The Balaban J connectivity index is 1.58. The van der Waals surface area contributed by atoms with Crippen molar-refractivity contribution >= 4 is 5.69 Å². The van der Waals surface area contributed by atoms with Gasteiger partial charge < -0.3 is 10.1 Å². The minimum Gasteiger partial charge on any atom is -0.383 e. The van der Waals surface area contributed by atoms with Crippen LogP contribution in [0, 0.1) is 5.82 Å². The first-order valence-corrected chi connectivity index (χ1v) is 6.31. The van der Waals surface area contributed by atoms with Crippen LogP contribution in [0.2, 0.25) is 0 Å². The van der Waals surface area contributed by atoms with Crippen LogP contribution in [0.5, 0.6) is 0 Å². The second-order valence-corrected chi connectivity index (χ2v) is 4.41. The zero-order chi connectivity index (χ0) is 11.9. The van der Waals surface area contributed by atoms with E-state index in [-0.39, 0.29) is 5.82 Å². The summed E-state index contributed by atoms with van der Waals surface area (Å²) in [5.74, 6) is -0.286. The van der Waals surface area contributed by atoms with Gasteiger partial charge in [-0.05, 0) is 38.2 Å². The third-order valence-corrected chi connectivity index (χ3v) is 3.06. The summed E-state index contributed by atoms with van der Waals surface area (Å²) in [5.41, 5.74) is 0.539. The molecule has 4 heteroatoms. The summed E-state index contributed by atoms with van der Waals surface area (Å²) in [7, 11) is 0. The number of ether oxygens (including phenoxy) is 1. The van der Waals surface area contributed by atoms with Gasteiger partial charge in [0.2, 0.25) is 0 Å². The highest BCUT2D eigenvalue weighted by Gasteiger charge is 2.14. The number of halogens is 1. The molecule has 1 saturated heterocycles. The number of anilines is 1. The summed E-state index contributed by atoms with van der Waals surface area (Å²) in [5, 5.41) is 3.08. The lowest BCUT2D eigenvalue weighted by Gasteiger charge is -2.10. The van der Waals surface area contributed by atoms with Gasteiger partial charge in [0.25, 0.3) is 0 Å². The first-order valence-electron chi connectivity index (χ1n) is 6.31. The number of nitrogens with zero attached hydrogens (tertiary/aromatic N) is 1. The van der Waals surface area contributed by atoms with Crippen molar-refractivity contribution in [3.8, 4) is 0 Å². The topological polar surface area (TPSA) is 34.2 Å². The molecule has 1 aromatic rings. The van der Waals surface area contributed by atoms with Gasteiger partial charge in [0.05, 0.1) is 18.0 Å². The number of hydrogen-bond acceptors (Lipinski definition) is 3. The molecule has 1 aliphatic heterocycles. The molecule has 1 atom stereocenters. The van der Waals surface area contributed by atoms with Crippen molar-refractivity contribution in [2.75, 3.05) is 18.5 Å². The Morgan fingerprint density at radius 1 is 1.47 bits per heavy atom. The molecule has 94 valence electrons. The van der Waals surface area contributed by atoms with Crippen LogP contribution >= 0.6 is 0 Å². The van der Waals surface area contributed by atoms with E-state index in [0.29, 0.717) is 11.8 Å². The Morgan fingerprint density at radius 3 is 3.18 bits per heavy atom. The molecule has 0 saturated carbocycles. The highest BCUT2D eigenvalue weighted by Crippen LogP contribution is 2.17. The first-order chi connectivity index (χ1) is 8.36. The third kappa shape index (κ3) is 3.97. The molecule has 1 fully saturated rings. The smallest absolute Gasteiger partial charge is 0.164 e. The van der Waals surface area contributed by atoms with E-state index in [0.717, 1.165) is 32.4 Å². The molecule has 0 aromatic carbocycles. The van der Waals surface area contributed by atoms with Gasteiger partial charge >= 0.3 is 0 Å². The van der Waals surface area contributed by atoms with Crippen molar-refractivity contribution in [2.45, 2.75) is 38.2 Å². The maximum atomic E-state index is 13.2. The molecule has 0 radical (unpaired) electrons. The zero-order valence-electron chi connectivity index (χ0n) is 9.99. The second kappa shape index (κ2) is 6.55. The molecular weight excluding hydrogens is 219 g/mol. The van der Waals surface area contributed by atoms with E-state index < -0.39 is 0 Å². The van der Waals surface area contributed by atoms with Crippen LogP contribution in [-0.4, -0.2) is 24.2 Å². The van der Waals surface area contributed by atoms with E-state index in [1.54, 1.807) is 12.3 Å². The molecule has 0 amide bonds. The van der Waals surface area contributed by atoms with Gasteiger partial charge in [-0.2, -0.15) is 0 Å². The Kier molecular flexibility index (Phi) is 4.74. The molecule has 2 heterocycles. The van der Waals surface area contributed by atoms with Gasteiger partial charge in [0.1, 0.15) is 0 Å². The molecule has 1 aromatic heterocycles. The van der Waals surface area contributed by atoms with E-state index in [1.807, 2.05) is 0 Å². The van der Waals surface area contributed by atoms with Crippen molar-refractivity contribution in [2.24, 2.45) is 0 Å². The van der Waals surface area contributed by atoms with Crippen LogP contribution in [-0.2, 0) is 4.74 Å². The van der Waals surface area contributed by atoms with Gasteiger partial charge in [-0.1, -0.05) is 0 Å². The van der Waals surface area contributed by atoms with Crippen LogP contribution in [0.15, 0.2) is 18.5 Å². The molecule has 3 nitrogen and oxygen atoms in total. The molecule has 1 N–H and O–H groups in total. The fourth-order valence-electron chi connectivity index (χ4n) is 2.11. The minimum absolute atomic E-state index is 0.286. The van der Waals surface area contributed by atoms with Crippen molar-refractivity contribution in [1.29, 1.82) is 0 Å². The SMILES string of the molecule is Fc1cnccc1NCCCCC1CCCO1. The molecule has 1 unspecified atom stereocenters. The van der Waals surface area contributed by atoms with Gasteiger partial charge in [-0.3, -0.25) is 4.98 Å². The van der Waals surface area contributed by atoms with Crippen LogP contribution in [0.25, 0.3) is 0 Å². The summed E-state index contributed by atoms with van der Waals surface area (Å²) in [4.78, 5) is 3.71. The molecule has 1 aliphatic rings. The number of rotatable bonds is 6. The first kappa shape index (κ1) is 12.3. The van der Waals surface area contributed by atoms with E-state index in [2.05, 4.69) is 10.3 Å². The zero-order valence-corrected chi connectivity index (χ0v) is 9.99. The average Bonchev–Trinajstić information content (AvgIpc) is 2.84. The van der Waals surface area contributed by atoms with Gasteiger partial charge in [0, 0.05) is 19.3 Å². The van der Waals surface area contributed by atoms with Crippen LogP contribution < -0.4 is 5.32 Å². The number of nitrogens with one attached hydrogen (secondary N) is 1. The Labute approximate surface area is 101 Å². The third-order valence-electron chi connectivity index (χ3n) is 3.06. The molecule has 17 heavy (non-hydrogen) atoms. The van der Waals surface area contributed by atoms with Crippen LogP contribution in [0.1, 0.15) is 32.1 Å². The minimum atomic E-state index is -0.286. The van der Waals surface area contributed by atoms with Crippen molar-refractivity contribution in [3.05, 3.63) is 24.3 Å². The van der Waals surface area contributed by atoms with Crippen molar-refractivity contribution < 1.29 is 9.13 Å². The number of pyridine rings is 1. The highest BCUT2D eigenvalue weighted by atomic mass is 19.1. The van der Waals surface area contributed by atoms with Crippen LogP contribution in [0.4, 0.5) is 10.1 Å². The number of hydrogen-bond donors (Lipinski definition) is 1. The Morgan fingerprint density at radius 2 is 2.41 bits per heavy atom. The lowest BCUT2D eigenvalue weighted by Crippen LogP contribution is -2.07. The summed E-state index contributed by atoms with van der Waals surface area (Å²) in [6, 6.07) is 1.66. The Hall–Kier alpha value is -1.16. The fourth-order valence-corrected chi connectivity index (χ4v) is 2.11. The normalized spacial score (nSPS) is 19.5. The number of aromatic nitrogens is 1. The predicted molar refractivity (Wildman–Crippen MR) is 65.5 cm³/mol. The monoisotopic (exact) mass is 238 g/mol. The molecular formula is C13H19FN2O. The summed E-state index contributed by atoms with van der Waals surface area (Å²) < 4.78 is 18.7. The number of unbranched alkanes of at least 4 members (excludes halogenated alkanes) is 1. The second-order valence-electron chi connectivity index (χ2n) is 4.41. The summed E-state index contributed by atoms with van der Waals surface area (Å²) >= 11 is 0. The molecule has 0 bridgehead atoms. The predicted octanol–water partition coefficient (Wildman–Crippen LogP) is 2.98. The van der Waals surface area contributed by atoms with E-state index in [4.69, 9.17) is 4.74 Å². The maximum absolute atomic E-state index is 13.2. The molecule has 2 rings (SSSR count). The van der Waals surface area contributed by atoms with Crippen molar-refractivity contribution in [1.82, 2.24) is 4.98 Å². The van der Waals surface area contributed by atoms with Crippen molar-refractivity contribution in [3.63, 3.8) is 0 Å². The van der Waals surface area contributed by atoms with Gasteiger partial charge in [-0.15, -0.1) is 0 Å². The van der Waals surface area contributed by atoms with Gasteiger partial charge in [0.15, 0.2) is 5.82 Å². The molecule has 0 spiro atoms.